The molecule has 0 heterocycles. The molecule has 0 fully saturated rings. The quantitative estimate of drug-likeness (QED) is 0.715. The summed E-state index contributed by atoms with van der Waals surface area (Å²) in [6, 6.07) is 10.7. The highest BCUT2D eigenvalue weighted by Crippen LogP contribution is 2.29. The first-order valence-corrected chi connectivity index (χ1v) is 7.08. The van der Waals surface area contributed by atoms with Gasteiger partial charge in [-0.1, -0.05) is 57.5 Å². The number of nitrogens with two attached hydrogens (primary N) is 1. The van der Waals surface area contributed by atoms with Crippen LogP contribution >= 0.6 is 0 Å². The van der Waals surface area contributed by atoms with Gasteiger partial charge in [-0.3, -0.25) is 0 Å². The fraction of sp³-hybridized carbons (Fsp3) is 0.625. The zero-order valence-corrected chi connectivity index (χ0v) is 11.9. The van der Waals surface area contributed by atoms with Crippen molar-refractivity contribution in [2.45, 2.75) is 45.6 Å². The molecule has 2 heteroatoms. The molecule has 0 saturated carbocycles. The Hall–Kier alpha value is -0.860. The maximum atomic E-state index is 6.34. The van der Waals surface area contributed by atoms with Gasteiger partial charge < -0.3 is 10.5 Å². The summed E-state index contributed by atoms with van der Waals surface area (Å²) < 4.78 is 5.62. The molecule has 0 bridgehead atoms. The Morgan fingerprint density at radius 1 is 1.17 bits per heavy atom. The molecule has 0 amide bonds. The Morgan fingerprint density at radius 3 is 2.39 bits per heavy atom. The maximum absolute atomic E-state index is 6.34. The molecule has 0 aliphatic carbocycles. The van der Waals surface area contributed by atoms with E-state index in [9.17, 15) is 0 Å². The average molecular weight is 249 g/mol. The van der Waals surface area contributed by atoms with E-state index in [1.165, 1.54) is 5.56 Å². The smallest absolute Gasteiger partial charge is 0.0623 e. The number of hydrogen-bond acceptors (Lipinski definition) is 2. The summed E-state index contributed by atoms with van der Waals surface area (Å²) in [7, 11) is 0. The van der Waals surface area contributed by atoms with Gasteiger partial charge in [0.2, 0.25) is 0 Å². The van der Waals surface area contributed by atoms with Crippen molar-refractivity contribution in [2.24, 2.45) is 11.7 Å². The van der Waals surface area contributed by atoms with Gasteiger partial charge in [0.05, 0.1) is 6.61 Å². The lowest BCUT2D eigenvalue weighted by Crippen LogP contribution is -2.36. The minimum absolute atomic E-state index is 0.0777. The second-order valence-electron chi connectivity index (χ2n) is 5.06. The zero-order valence-electron chi connectivity index (χ0n) is 11.9. The normalized spacial score (nSPS) is 16.2. The van der Waals surface area contributed by atoms with Gasteiger partial charge in [0, 0.05) is 18.6 Å². The number of ether oxygens (including phenoxy) is 1. The first-order chi connectivity index (χ1) is 8.70. The minimum atomic E-state index is 0.0777. The molecule has 18 heavy (non-hydrogen) atoms. The Kier molecular flexibility index (Phi) is 6.99. The molecular weight excluding hydrogens is 222 g/mol. The molecule has 2 N–H and O–H groups in total. The van der Waals surface area contributed by atoms with Crippen molar-refractivity contribution in [1.82, 2.24) is 0 Å². The highest BCUT2D eigenvalue weighted by Gasteiger charge is 2.24. The van der Waals surface area contributed by atoms with E-state index >= 15 is 0 Å². The van der Waals surface area contributed by atoms with Crippen LogP contribution in [0.25, 0.3) is 0 Å². The van der Waals surface area contributed by atoms with Gasteiger partial charge in [0.15, 0.2) is 0 Å². The zero-order chi connectivity index (χ0) is 13.4. The van der Waals surface area contributed by atoms with E-state index in [0.717, 1.165) is 19.4 Å². The largest absolute Gasteiger partial charge is 0.380 e. The van der Waals surface area contributed by atoms with Gasteiger partial charge in [-0.25, -0.2) is 0 Å². The lowest BCUT2D eigenvalue weighted by molar-refractivity contribution is 0.108. The number of benzene rings is 1. The summed E-state index contributed by atoms with van der Waals surface area (Å²) in [5.41, 5.74) is 7.68. The van der Waals surface area contributed by atoms with Gasteiger partial charge in [-0.15, -0.1) is 0 Å². The third-order valence-electron chi connectivity index (χ3n) is 3.56. The first kappa shape index (κ1) is 15.2. The highest BCUT2D eigenvalue weighted by molar-refractivity contribution is 5.22. The molecule has 1 aromatic rings. The Balaban J connectivity index is 2.72. The van der Waals surface area contributed by atoms with Crippen LogP contribution in [0.2, 0.25) is 0 Å². The topological polar surface area (TPSA) is 35.2 Å². The van der Waals surface area contributed by atoms with E-state index in [2.05, 4.69) is 51.1 Å². The van der Waals surface area contributed by atoms with Crippen molar-refractivity contribution in [2.75, 3.05) is 13.2 Å². The first-order valence-electron chi connectivity index (χ1n) is 7.08. The average Bonchev–Trinajstić information content (AvgIpc) is 2.40. The summed E-state index contributed by atoms with van der Waals surface area (Å²) >= 11 is 0. The third kappa shape index (κ3) is 4.43. The van der Waals surface area contributed by atoms with Crippen LogP contribution in [0.1, 0.15) is 45.1 Å². The Morgan fingerprint density at radius 2 is 1.83 bits per heavy atom. The van der Waals surface area contributed by atoms with Crippen LogP contribution in [0.5, 0.6) is 0 Å². The van der Waals surface area contributed by atoms with E-state index in [1.807, 2.05) is 0 Å². The fourth-order valence-corrected chi connectivity index (χ4v) is 2.39. The number of rotatable bonds is 8. The standard InChI is InChI=1S/C16H27NO/c1-4-11-18-12-15(17)16(13(3)5-2)14-9-7-6-8-10-14/h6-10,13,15-16H,4-5,11-12,17H2,1-3H3. The predicted molar refractivity (Wildman–Crippen MR) is 77.7 cm³/mol. The lowest BCUT2D eigenvalue weighted by Gasteiger charge is -2.29. The fourth-order valence-electron chi connectivity index (χ4n) is 2.39. The van der Waals surface area contributed by atoms with Crippen LogP contribution in [0.4, 0.5) is 0 Å². The molecule has 0 saturated heterocycles. The summed E-state index contributed by atoms with van der Waals surface area (Å²) in [5.74, 6) is 0.959. The van der Waals surface area contributed by atoms with Gasteiger partial charge in [-0.2, -0.15) is 0 Å². The molecule has 3 unspecified atom stereocenters. The summed E-state index contributed by atoms with van der Waals surface area (Å²) in [6.07, 6.45) is 2.19. The predicted octanol–water partition coefficient (Wildman–Crippen LogP) is 3.57. The van der Waals surface area contributed by atoms with Crippen molar-refractivity contribution < 1.29 is 4.74 Å². The second-order valence-corrected chi connectivity index (χ2v) is 5.06. The van der Waals surface area contributed by atoms with Crippen LogP contribution in [-0.2, 0) is 4.74 Å². The van der Waals surface area contributed by atoms with Gasteiger partial charge in [-0.05, 0) is 17.9 Å². The Labute approximate surface area is 112 Å². The summed E-state index contributed by atoms with van der Waals surface area (Å²) in [6.45, 7) is 8.07. The molecule has 0 aliphatic heterocycles. The molecule has 0 aromatic heterocycles. The van der Waals surface area contributed by atoms with Gasteiger partial charge in [0.1, 0.15) is 0 Å². The molecule has 1 rings (SSSR count). The highest BCUT2D eigenvalue weighted by atomic mass is 16.5. The Bertz CT molecular complexity index is 312. The monoisotopic (exact) mass is 249 g/mol. The molecule has 1 aromatic carbocycles. The lowest BCUT2D eigenvalue weighted by atomic mass is 9.81. The van der Waals surface area contributed by atoms with Crippen molar-refractivity contribution >= 4 is 0 Å². The van der Waals surface area contributed by atoms with Crippen molar-refractivity contribution in [3.63, 3.8) is 0 Å². The summed E-state index contributed by atoms with van der Waals surface area (Å²) in [5, 5.41) is 0. The van der Waals surface area contributed by atoms with E-state index in [-0.39, 0.29) is 6.04 Å². The van der Waals surface area contributed by atoms with E-state index in [1.54, 1.807) is 0 Å². The molecule has 0 spiro atoms. The SMILES string of the molecule is CCCOCC(N)C(c1ccccc1)C(C)CC. The maximum Gasteiger partial charge on any atom is 0.0623 e. The van der Waals surface area contributed by atoms with E-state index in [4.69, 9.17) is 10.5 Å². The molecule has 3 atom stereocenters. The molecular formula is C16H27NO. The molecule has 0 radical (unpaired) electrons. The van der Waals surface area contributed by atoms with Crippen molar-refractivity contribution in [1.29, 1.82) is 0 Å². The van der Waals surface area contributed by atoms with Crippen LogP contribution in [0.15, 0.2) is 30.3 Å². The van der Waals surface area contributed by atoms with Gasteiger partial charge in [0.25, 0.3) is 0 Å². The molecule has 102 valence electrons. The van der Waals surface area contributed by atoms with Crippen LogP contribution < -0.4 is 5.73 Å². The van der Waals surface area contributed by atoms with E-state index < -0.39 is 0 Å². The summed E-state index contributed by atoms with van der Waals surface area (Å²) in [4.78, 5) is 0. The van der Waals surface area contributed by atoms with Crippen LogP contribution in [-0.4, -0.2) is 19.3 Å². The van der Waals surface area contributed by atoms with Crippen LogP contribution in [0, 0.1) is 5.92 Å². The third-order valence-corrected chi connectivity index (χ3v) is 3.56. The minimum Gasteiger partial charge on any atom is -0.380 e. The van der Waals surface area contributed by atoms with Crippen molar-refractivity contribution in [3.05, 3.63) is 35.9 Å². The van der Waals surface area contributed by atoms with Crippen LogP contribution in [0.3, 0.4) is 0 Å². The number of hydrogen-bond donors (Lipinski definition) is 1. The van der Waals surface area contributed by atoms with Gasteiger partial charge >= 0.3 is 0 Å². The molecule has 2 nitrogen and oxygen atoms in total. The molecule has 0 aliphatic rings. The van der Waals surface area contributed by atoms with E-state index in [0.29, 0.717) is 18.4 Å². The second kappa shape index (κ2) is 8.28. The van der Waals surface area contributed by atoms with Crippen molar-refractivity contribution in [3.8, 4) is 0 Å².